The largest absolute Gasteiger partial charge is 0.462 e. The molecule has 1 aromatic heterocycles. The molecule has 1 aromatic carbocycles. The summed E-state index contributed by atoms with van der Waals surface area (Å²) < 4.78 is 5.64. The lowest BCUT2D eigenvalue weighted by Gasteiger charge is -2.42. The zero-order chi connectivity index (χ0) is 16.7. The molecule has 3 atom stereocenters. The maximum atomic E-state index is 12.5. The fourth-order valence-electron chi connectivity index (χ4n) is 4.09. The standard InChI is InChI=1S/C18H20Cl2N2O2/c19-13-6-15(20)17-14(8-21-16(17)7-13)18(23)24-10-12-3-5-22-4-1-2-11(12)9-22/h6-8,11-12,21H,1-5,9-10H2. The highest BCUT2D eigenvalue weighted by Crippen LogP contribution is 2.33. The number of benzene rings is 1. The van der Waals surface area contributed by atoms with Gasteiger partial charge in [-0.25, -0.2) is 4.79 Å². The third-order valence-electron chi connectivity index (χ3n) is 5.37. The molecule has 0 spiro atoms. The molecule has 2 aliphatic heterocycles. The average molecular weight is 367 g/mol. The molecule has 2 fully saturated rings. The molecule has 4 nitrogen and oxygen atoms in total. The monoisotopic (exact) mass is 366 g/mol. The van der Waals surface area contributed by atoms with E-state index in [0.29, 0.717) is 39.4 Å². The Labute approximate surface area is 151 Å². The van der Waals surface area contributed by atoms with Gasteiger partial charge < -0.3 is 14.6 Å². The fraction of sp³-hybridized carbons (Fsp3) is 0.500. The van der Waals surface area contributed by atoms with E-state index in [1.165, 1.54) is 19.4 Å². The van der Waals surface area contributed by atoms with Crippen LogP contribution in [0.5, 0.6) is 0 Å². The molecule has 2 saturated heterocycles. The highest BCUT2D eigenvalue weighted by molar-refractivity contribution is 6.39. The normalized spacial score (nSPS) is 26.5. The number of carbonyl (C=O) groups is 1. The number of halogens is 2. The molecule has 0 amide bonds. The molecule has 2 aromatic rings. The van der Waals surface area contributed by atoms with Crippen LogP contribution in [-0.2, 0) is 4.74 Å². The molecule has 3 heterocycles. The molecule has 0 saturated carbocycles. The number of nitrogens with zero attached hydrogens (tertiary/aromatic N) is 1. The first-order valence-corrected chi connectivity index (χ1v) is 9.23. The maximum absolute atomic E-state index is 12.5. The summed E-state index contributed by atoms with van der Waals surface area (Å²) in [5.74, 6) is 0.815. The van der Waals surface area contributed by atoms with E-state index in [-0.39, 0.29) is 5.97 Å². The van der Waals surface area contributed by atoms with Crippen LogP contribution in [0, 0.1) is 11.8 Å². The Morgan fingerprint density at radius 3 is 3.04 bits per heavy atom. The average Bonchev–Trinajstić information content (AvgIpc) is 2.98. The molecule has 3 unspecified atom stereocenters. The van der Waals surface area contributed by atoms with Gasteiger partial charge in [0.25, 0.3) is 0 Å². The van der Waals surface area contributed by atoms with Gasteiger partial charge in [0.1, 0.15) is 0 Å². The summed E-state index contributed by atoms with van der Waals surface area (Å²) in [6, 6.07) is 3.41. The van der Waals surface area contributed by atoms with E-state index in [1.54, 1.807) is 18.3 Å². The SMILES string of the molecule is O=C(OCC1CCN2CCCC1C2)c1c[nH]c2cc(Cl)cc(Cl)c12. The van der Waals surface area contributed by atoms with E-state index in [1.807, 2.05) is 0 Å². The first kappa shape index (κ1) is 16.2. The zero-order valence-electron chi connectivity index (χ0n) is 13.4. The smallest absolute Gasteiger partial charge is 0.340 e. The van der Waals surface area contributed by atoms with Crippen LogP contribution in [0.15, 0.2) is 18.3 Å². The van der Waals surface area contributed by atoms with Gasteiger partial charge in [-0.05, 0) is 56.3 Å². The van der Waals surface area contributed by atoms with Gasteiger partial charge in [-0.3, -0.25) is 0 Å². The molecule has 24 heavy (non-hydrogen) atoms. The van der Waals surface area contributed by atoms with Crippen molar-refractivity contribution in [2.24, 2.45) is 11.8 Å². The molecule has 2 bridgehead atoms. The van der Waals surface area contributed by atoms with E-state index in [0.717, 1.165) is 25.0 Å². The number of nitrogens with one attached hydrogen (secondary N) is 1. The van der Waals surface area contributed by atoms with Crippen LogP contribution in [0.4, 0.5) is 0 Å². The minimum absolute atomic E-state index is 0.316. The van der Waals surface area contributed by atoms with Crippen LogP contribution >= 0.6 is 23.2 Å². The quantitative estimate of drug-likeness (QED) is 0.820. The Morgan fingerprint density at radius 1 is 1.29 bits per heavy atom. The summed E-state index contributed by atoms with van der Waals surface area (Å²) in [6.45, 7) is 3.99. The molecular weight excluding hydrogens is 347 g/mol. The molecule has 0 aliphatic carbocycles. The number of H-pyrrole nitrogens is 1. The van der Waals surface area contributed by atoms with Gasteiger partial charge in [0.05, 0.1) is 17.2 Å². The number of esters is 1. The number of aromatic nitrogens is 1. The van der Waals surface area contributed by atoms with Crippen LogP contribution in [0.1, 0.15) is 29.6 Å². The lowest BCUT2D eigenvalue weighted by Crippen LogP contribution is -2.45. The Morgan fingerprint density at radius 2 is 2.17 bits per heavy atom. The number of fused-ring (bicyclic) bond motifs is 3. The lowest BCUT2D eigenvalue weighted by molar-refractivity contribution is 0.0129. The van der Waals surface area contributed by atoms with Gasteiger partial charge in [0.2, 0.25) is 0 Å². The van der Waals surface area contributed by atoms with Crippen LogP contribution in [0.2, 0.25) is 10.0 Å². The number of piperidine rings is 2. The van der Waals surface area contributed by atoms with E-state index in [2.05, 4.69) is 9.88 Å². The molecule has 128 valence electrons. The number of hydrogen-bond donors (Lipinski definition) is 1. The zero-order valence-corrected chi connectivity index (χ0v) is 14.9. The minimum Gasteiger partial charge on any atom is -0.462 e. The van der Waals surface area contributed by atoms with E-state index < -0.39 is 0 Å². The third-order valence-corrected chi connectivity index (χ3v) is 5.89. The fourth-order valence-corrected chi connectivity index (χ4v) is 4.68. The predicted molar refractivity (Wildman–Crippen MR) is 95.9 cm³/mol. The van der Waals surface area contributed by atoms with Crippen molar-refractivity contribution in [2.45, 2.75) is 19.3 Å². The summed E-state index contributed by atoms with van der Waals surface area (Å²) in [5, 5.41) is 1.68. The van der Waals surface area contributed by atoms with Crippen molar-refractivity contribution in [3.63, 3.8) is 0 Å². The second-order valence-corrected chi connectivity index (χ2v) is 7.71. The Hall–Kier alpha value is -1.23. The highest BCUT2D eigenvalue weighted by atomic mass is 35.5. The van der Waals surface area contributed by atoms with E-state index in [9.17, 15) is 4.79 Å². The maximum Gasteiger partial charge on any atom is 0.340 e. The van der Waals surface area contributed by atoms with Crippen molar-refractivity contribution in [1.29, 1.82) is 0 Å². The number of hydrogen-bond acceptors (Lipinski definition) is 3. The summed E-state index contributed by atoms with van der Waals surface area (Å²) >= 11 is 12.3. The second kappa shape index (κ2) is 6.58. The van der Waals surface area contributed by atoms with Crippen LogP contribution in [-0.4, -0.2) is 42.1 Å². The van der Waals surface area contributed by atoms with Gasteiger partial charge in [0, 0.05) is 28.7 Å². The Bertz CT molecular complexity index is 774. The first-order chi connectivity index (χ1) is 11.6. The third kappa shape index (κ3) is 3.03. The second-order valence-electron chi connectivity index (χ2n) is 6.86. The summed E-state index contributed by atoms with van der Waals surface area (Å²) in [7, 11) is 0. The summed E-state index contributed by atoms with van der Waals surface area (Å²) in [6.07, 6.45) is 5.27. The van der Waals surface area contributed by atoms with Crippen LogP contribution in [0.3, 0.4) is 0 Å². The van der Waals surface area contributed by atoms with Crippen LogP contribution < -0.4 is 0 Å². The molecule has 6 heteroatoms. The van der Waals surface area contributed by atoms with E-state index in [4.69, 9.17) is 27.9 Å². The van der Waals surface area contributed by atoms with Crippen molar-refractivity contribution in [3.8, 4) is 0 Å². The Kier molecular flexibility index (Phi) is 4.46. The van der Waals surface area contributed by atoms with Gasteiger partial charge in [0.15, 0.2) is 0 Å². The molecule has 2 aliphatic rings. The number of ether oxygens (including phenoxy) is 1. The van der Waals surface area contributed by atoms with Crippen LogP contribution in [0.25, 0.3) is 10.9 Å². The van der Waals surface area contributed by atoms with Gasteiger partial charge in [-0.2, -0.15) is 0 Å². The van der Waals surface area contributed by atoms with Crippen molar-refractivity contribution < 1.29 is 9.53 Å². The molecule has 1 N–H and O–H groups in total. The van der Waals surface area contributed by atoms with Crippen molar-refractivity contribution in [3.05, 3.63) is 33.9 Å². The van der Waals surface area contributed by atoms with Gasteiger partial charge in [-0.15, -0.1) is 0 Å². The topological polar surface area (TPSA) is 45.3 Å². The molecular formula is C18H20Cl2N2O2. The number of aromatic amines is 1. The number of carbonyl (C=O) groups excluding carboxylic acids is 1. The van der Waals surface area contributed by atoms with Gasteiger partial charge >= 0.3 is 5.97 Å². The molecule has 0 radical (unpaired) electrons. The van der Waals surface area contributed by atoms with Crippen molar-refractivity contribution in [1.82, 2.24) is 9.88 Å². The van der Waals surface area contributed by atoms with Crippen molar-refractivity contribution >= 4 is 40.1 Å². The highest BCUT2D eigenvalue weighted by Gasteiger charge is 2.32. The summed E-state index contributed by atoms with van der Waals surface area (Å²) in [5.41, 5.74) is 1.23. The Balaban J connectivity index is 1.47. The molecule has 4 rings (SSSR count). The first-order valence-electron chi connectivity index (χ1n) is 8.47. The van der Waals surface area contributed by atoms with E-state index >= 15 is 0 Å². The minimum atomic E-state index is -0.316. The van der Waals surface area contributed by atoms with Crippen molar-refractivity contribution in [2.75, 3.05) is 26.2 Å². The lowest BCUT2D eigenvalue weighted by atomic mass is 9.80. The number of rotatable bonds is 3. The predicted octanol–water partition coefficient (Wildman–Crippen LogP) is 4.36. The van der Waals surface area contributed by atoms with Gasteiger partial charge in [-0.1, -0.05) is 23.2 Å². The summed E-state index contributed by atoms with van der Waals surface area (Å²) in [4.78, 5) is 18.1.